The number of sulfonamides is 1. The first-order chi connectivity index (χ1) is 14.6. The van der Waals surface area contributed by atoms with E-state index in [-0.39, 0.29) is 17.3 Å². The second-order valence-corrected chi connectivity index (χ2v) is 11.3. The molecule has 0 spiro atoms. The highest BCUT2D eigenvalue weighted by atomic mass is 32.2. The summed E-state index contributed by atoms with van der Waals surface area (Å²) >= 11 is 0. The Kier molecular flexibility index (Phi) is 6.99. The largest absolute Gasteiger partial charge is 0.326 e. The number of nitrogens with zero attached hydrogens (tertiary/aromatic N) is 2. The van der Waals surface area contributed by atoms with E-state index >= 15 is 0 Å². The van der Waals surface area contributed by atoms with E-state index in [9.17, 15) is 21.6 Å². The van der Waals surface area contributed by atoms with E-state index in [2.05, 4.69) is 10.0 Å². The van der Waals surface area contributed by atoms with Gasteiger partial charge in [0.25, 0.3) is 20.2 Å². The van der Waals surface area contributed by atoms with E-state index in [0.29, 0.717) is 30.8 Å². The van der Waals surface area contributed by atoms with Crippen LogP contribution in [-0.4, -0.2) is 58.5 Å². The minimum absolute atomic E-state index is 0.0651. The monoisotopic (exact) mass is 466 g/mol. The van der Waals surface area contributed by atoms with Crippen LogP contribution < -0.4 is 10.0 Å². The highest BCUT2D eigenvalue weighted by Crippen LogP contribution is 2.23. The lowest BCUT2D eigenvalue weighted by molar-refractivity contribution is -0.120. The molecule has 0 aromatic heterocycles. The maximum absolute atomic E-state index is 12.7. The molecule has 1 aliphatic heterocycles. The molecular weight excluding hydrogens is 440 g/mol. The molecule has 2 N–H and O–H groups in total. The second-order valence-electron chi connectivity index (χ2n) is 7.47. The maximum Gasteiger partial charge on any atom is 0.281 e. The Morgan fingerprint density at radius 1 is 0.968 bits per heavy atom. The molecule has 3 rings (SSSR count). The van der Waals surface area contributed by atoms with Gasteiger partial charge >= 0.3 is 0 Å². The third-order valence-corrected chi connectivity index (χ3v) is 8.31. The van der Waals surface area contributed by atoms with Crippen LogP contribution in [0.3, 0.4) is 0 Å². The van der Waals surface area contributed by atoms with Gasteiger partial charge in [-0.1, -0.05) is 18.2 Å². The Balaban J connectivity index is 1.65. The van der Waals surface area contributed by atoms with Crippen LogP contribution in [-0.2, 0) is 25.0 Å². The molecule has 1 aliphatic rings. The molecule has 168 valence electrons. The number of rotatable bonds is 7. The highest BCUT2D eigenvalue weighted by molar-refractivity contribution is 7.92. The summed E-state index contributed by atoms with van der Waals surface area (Å²) in [7, 11) is -4.41. The predicted octanol–water partition coefficient (Wildman–Crippen LogP) is 1.94. The summed E-state index contributed by atoms with van der Waals surface area (Å²) in [6, 6.07) is 14.4. The fourth-order valence-electron chi connectivity index (χ4n) is 3.28. The van der Waals surface area contributed by atoms with Gasteiger partial charge in [0, 0.05) is 38.6 Å². The number of hydrogen-bond acceptors (Lipinski definition) is 5. The molecule has 31 heavy (non-hydrogen) atoms. The number of benzene rings is 2. The molecule has 0 bridgehead atoms. The topological polar surface area (TPSA) is 116 Å². The number of piperidine rings is 1. The molecule has 1 atom stereocenters. The normalized spacial score (nSPS) is 18.0. The zero-order chi connectivity index (χ0) is 22.6. The lowest BCUT2D eigenvalue weighted by atomic mass is 9.99. The molecule has 2 aromatic carbocycles. The SMILES string of the molecule is CN(C)S(=O)(=O)N1CCC[C@H](C(=O)Nc2ccc(S(=O)(=O)Nc3ccccc3)cc2)C1. The molecule has 11 heteroatoms. The van der Waals surface area contributed by atoms with Gasteiger partial charge in [-0.05, 0) is 49.2 Å². The Morgan fingerprint density at radius 2 is 1.61 bits per heavy atom. The number of nitrogens with one attached hydrogen (secondary N) is 2. The Labute approximate surface area is 183 Å². The molecule has 0 saturated carbocycles. The summed E-state index contributed by atoms with van der Waals surface area (Å²) < 4.78 is 54.6. The molecule has 1 saturated heterocycles. The van der Waals surface area contributed by atoms with E-state index in [0.717, 1.165) is 4.31 Å². The molecule has 0 unspecified atom stereocenters. The van der Waals surface area contributed by atoms with Crippen LogP contribution in [0.5, 0.6) is 0 Å². The summed E-state index contributed by atoms with van der Waals surface area (Å²) in [6.07, 6.45) is 1.17. The van der Waals surface area contributed by atoms with Crippen LogP contribution in [0.4, 0.5) is 11.4 Å². The van der Waals surface area contributed by atoms with Crippen LogP contribution in [0, 0.1) is 5.92 Å². The molecular formula is C20H26N4O5S2. The smallest absolute Gasteiger partial charge is 0.281 e. The summed E-state index contributed by atoms with van der Waals surface area (Å²) in [5.41, 5.74) is 0.894. The highest BCUT2D eigenvalue weighted by Gasteiger charge is 2.33. The van der Waals surface area contributed by atoms with Gasteiger partial charge in [0.15, 0.2) is 0 Å². The number of carbonyl (C=O) groups is 1. The maximum atomic E-state index is 12.7. The van der Waals surface area contributed by atoms with Crippen LogP contribution in [0.15, 0.2) is 59.5 Å². The average molecular weight is 467 g/mol. The summed E-state index contributed by atoms with van der Waals surface area (Å²) in [4.78, 5) is 12.7. The third kappa shape index (κ3) is 5.62. The Morgan fingerprint density at radius 3 is 2.23 bits per heavy atom. The average Bonchev–Trinajstić information content (AvgIpc) is 2.74. The summed E-state index contributed by atoms with van der Waals surface area (Å²) in [5.74, 6) is -0.775. The van der Waals surface area contributed by atoms with Crippen LogP contribution in [0.25, 0.3) is 0 Å². The fraction of sp³-hybridized carbons (Fsp3) is 0.350. The van der Waals surface area contributed by atoms with Gasteiger partial charge in [-0.2, -0.15) is 17.0 Å². The van der Waals surface area contributed by atoms with Crippen molar-refractivity contribution < 1.29 is 21.6 Å². The van der Waals surface area contributed by atoms with Crippen molar-refractivity contribution in [2.45, 2.75) is 17.7 Å². The third-order valence-electron chi connectivity index (χ3n) is 5.00. The molecule has 2 aromatic rings. The van der Waals surface area contributed by atoms with Crippen molar-refractivity contribution in [2.75, 3.05) is 37.2 Å². The molecule has 0 radical (unpaired) electrons. The molecule has 0 aliphatic carbocycles. The van der Waals surface area contributed by atoms with Crippen molar-refractivity contribution in [2.24, 2.45) is 5.92 Å². The van der Waals surface area contributed by atoms with E-state index in [1.165, 1.54) is 42.7 Å². The molecule has 1 fully saturated rings. The minimum Gasteiger partial charge on any atom is -0.326 e. The zero-order valence-electron chi connectivity index (χ0n) is 17.4. The van der Waals surface area contributed by atoms with Crippen molar-refractivity contribution in [3.63, 3.8) is 0 Å². The van der Waals surface area contributed by atoms with E-state index in [4.69, 9.17) is 0 Å². The van der Waals surface area contributed by atoms with Gasteiger partial charge in [-0.25, -0.2) is 8.42 Å². The van der Waals surface area contributed by atoms with Gasteiger partial charge in [0.05, 0.1) is 10.8 Å². The van der Waals surface area contributed by atoms with Crippen molar-refractivity contribution in [3.8, 4) is 0 Å². The standard InChI is InChI=1S/C20H26N4O5S2/c1-23(2)31(28,29)24-14-6-7-16(15-24)20(25)21-17-10-12-19(13-11-17)30(26,27)22-18-8-4-3-5-9-18/h3-5,8-13,16,22H,6-7,14-15H2,1-2H3,(H,21,25)/t16-/m0/s1. The molecule has 9 nitrogen and oxygen atoms in total. The molecule has 1 amide bonds. The van der Waals surface area contributed by atoms with Crippen LogP contribution in [0.1, 0.15) is 12.8 Å². The number of carbonyl (C=O) groups excluding carboxylic acids is 1. The van der Waals surface area contributed by atoms with Crippen molar-refractivity contribution in [3.05, 3.63) is 54.6 Å². The van der Waals surface area contributed by atoms with Crippen molar-refractivity contribution in [1.29, 1.82) is 0 Å². The van der Waals surface area contributed by atoms with Gasteiger partial charge in [0.1, 0.15) is 0 Å². The predicted molar refractivity (Wildman–Crippen MR) is 119 cm³/mol. The number of amides is 1. The van der Waals surface area contributed by atoms with E-state index in [1.54, 1.807) is 30.3 Å². The number of para-hydroxylation sites is 1. The molecule has 1 heterocycles. The van der Waals surface area contributed by atoms with Gasteiger partial charge in [-0.3, -0.25) is 9.52 Å². The zero-order valence-corrected chi connectivity index (χ0v) is 19.0. The fourth-order valence-corrected chi connectivity index (χ4v) is 5.53. The number of hydrogen-bond donors (Lipinski definition) is 2. The number of anilines is 2. The van der Waals surface area contributed by atoms with Gasteiger partial charge in [0.2, 0.25) is 5.91 Å². The Hall–Kier alpha value is -2.47. The van der Waals surface area contributed by atoms with Gasteiger partial charge in [-0.15, -0.1) is 0 Å². The lowest BCUT2D eigenvalue weighted by Gasteiger charge is -2.32. The first-order valence-corrected chi connectivity index (χ1v) is 12.6. The summed E-state index contributed by atoms with van der Waals surface area (Å²) in [6.45, 7) is 0.491. The van der Waals surface area contributed by atoms with E-state index < -0.39 is 26.2 Å². The summed E-state index contributed by atoms with van der Waals surface area (Å²) in [5, 5.41) is 2.75. The second kappa shape index (κ2) is 9.35. The van der Waals surface area contributed by atoms with E-state index in [1.807, 2.05) is 0 Å². The quantitative estimate of drug-likeness (QED) is 0.647. The first kappa shape index (κ1) is 23.2. The lowest BCUT2D eigenvalue weighted by Crippen LogP contribution is -2.47. The minimum atomic E-state index is -3.75. The van der Waals surface area contributed by atoms with Crippen molar-refractivity contribution in [1.82, 2.24) is 8.61 Å². The van der Waals surface area contributed by atoms with Crippen LogP contribution >= 0.6 is 0 Å². The van der Waals surface area contributed by atoms with Gasteiger partial charge < -0.3 is 5.32 Å². The first-order valence-electron chi connectivity index (χ1n) is 9.76. The van der Waals surface area contributed by atoms with Crippen LogP contribution in [0.2, 0.25) is 0 Å². The van der Waals surface area contributed by atoms with Crippen molar-refractivity contribution >= 4 is 37.5 Å². The Bertz CT molecular complexity index is 1120.